The van der Waals surface area contributed by atoms with Crippen molar-refractivity contribution >= 4 is 11.6 Å². The van der Waals surface area contributed by atoms with E-state index in [0.29, 0.717) is 23.6 Å². The number of H-pyrrole nitrogens is 1. The molecule has 1 amide bonds. The number of halogens is 2. The molecule has 6 nitrogen and oxygen atoms in total. The Morgan fingerprint density at radius 2 is 1.89 bits per heavy atom. The number of aromatic amines is 1. The molecule has 1 aromatic carbocycles. The largest absolute Gasteiger partial charge is 0.369 e. The number of rotatable bonds is 6. The quantitative estimate of drug-likeness (QED) is 0.493. The number of carbonyl (C=O) groups excluding carboxylic acids is 1. The number of alkyl halides is 2. The Bertz CT molecular complexity index is 1170. The third kappa shape index (κ3) is 6.66. The van der Waals surface area contributed by atoms with Crippen molar-refractivity contribution in [3.63, 3.8) is 0 Å². The first-order chi connectivity index (χ1) is 17.9. The molecule has 1 saturated carbocycles. The number of nitrogens with one attached hydrogen (secondary N) is 3. The number of pyridine rings is 1. The Labute approximate surface area is 217 Å². The van der Waals surface area contributed by atoms with E-state index in [1.54, 1.807) is 0 Å². The van der Waals surface area contributed by atoms with E-state index in [4.69, 9.17) is 0 Å². The normalized spacial score (nSPS) is 21.3. The lowest BCUT2D eigenvalue weighted by atomic mass is 9.89. The van der Waals surface area contributed by atoms with E-state index in [1.165, 1.54) is 0 Å². The fraction of sp³-hybridized carbons (Fsp3) is 0.517. The molecule has 0 spiro atoms. The second kappa shape index (κ2) is 12.5. The lowest BCUT2D eigenvalue weighted by Gasteiger charge is -2.39. The molecular weight excluding hydrogens is 474 g/mol. The molecule has 200 valence electrons. The number of benzene rings is 1. The maximum absolute atomic E-state index is 13.4. The van der Waals surface area contributed by atoms with E-state index in [1.807, 2.05) is 25.1 Å². The Kier molecular flexibility index (Phi) is 9.14. The average molecular weight is 513 g/mol. The van der Waals surface area contributed by atoms with Crippen LogP contribution in [0.5, 0.6) is 0 Å². The number of amides is 1. The fourth-order valence-electron chi connectivity index (χ4n) is 5.77. The Balaban J connectivity index is 1.58. The molecule has 3 N–H and O–H groups in total. The van der Waals surface area contributed by atoms with Crippen molar-refractivity contribution in [2.45, 2.75) is 83.8 Å². The minimum Gasteiger partial charge on any atom is -0.369 e. The monoisotopic (exact) mass is 512 g/mol. The van der Waals surface area contributed by atoms with Gasteiger partial charge in [0.05, 0.1) is 6.54 Å². The van der Waals surface area contributed by atoms with Gasteiger partial charge in [0, 0.05) is 47.7 Å². The van der Waals surface area contributed by atoms with Gasteiger partial charge in [-0.25, -0.2) is 8.78 Å². The van der Waals surface area contributed by atoms with E-state index in [9.17, 15) is 18.4 Å². The summed E-state index contributed by atoms with van der Waals surface area (Å²) in [4.78, 5) is 31.2. The van der Waals surface area contributed by atoms with Crippen molar-refractivity contribution < 1.29 is 13.6 Å². The molecular formula is C29H38F2N4O2. The number of aromatic nitrogens is 1. The summed E-state index contributed by atoms with van der Waals surface area (Å²) in [5.74, 6) is -0.187. The van der Waals surface area contributed by atoms with Gasteiger partial charge >= 0.3 is 0 Å². The number of allylic oxidation sites excluding steroid dienone is 2. The standard InChI is InChI=1S/C29H38F2N4O2/c1-3-35(22-14-12-21(13-15-22)32-18-27(30)31)26-11-7-10-24-23(26)9-6-4-5-8-20-16-19(2)34-29(37)25(20)17-33-28(24)36/h4,6-7,10-11,16,21-22,27,32H,3,5,8-9,12-15,17-18H2,1-2H3,(H,33,36)(H,34,37)/b6-4+/t21-,22-. The summed E-state index contributed by atoms with van der Waals surface area (Å²) >= 11 is 0. The smallest absolute Gasteiger partial charge is 0.253 e. The third-order valence-corrected chi connectivity index (χ3v) is 7.60. The van der Waals surface area contributed by atoms with Crippen molar-refractivity contribution in [1.29, 1.82) is 0 Å². The minimum atomic E-state index is -2.33. The molecule has 1 aliphatic carbocycles. The molecule has 0 radical (unpaired) electrons. The number of nitrogens with zero attached hydrogens (tertiary/aromatic N) is 1. The van der Waals surface area contributed by atoms with Gasteiger partial charge in [-0.05, 0) is 88.1 Å². The summed E-state index contributed by atoms with van der Waals surface area (Å²) in [5, 5.41) is 5.99. The maximum atomic E-state index is 13.4. The summed E-state index contributed by atoms with van der Waals surface area (Å²) in [6, 6.07) is 8.27. The van der Waals surface area contributed by atoms with Crippen LogP contribution >= 0.6 is 0 Å². The molecule has 0 atom stereocenters. The summed E-state index contributed by atoms with van der Waals surface area (Å²) in [6.07, 6.45) is 7.67. The highest BCUT2D eigenvalue weighted by atomic mass is 19.3. The predicted octanol–water partition coefficient (Wildman–Crippen LogP) is 4.65. The molecule has 8 heteroatoms. The Hall–Kier alpha value is -3.00. The second-order valence-corrected chi connectivity index (χ2v) is 10.1. The summed E-state index contributed by atoms with van der Waals surface area (Å²) in [6.45, 7) is 4.72. The zero-order chi connectivity index (χ0) is 26.4. The summed E-state index contributed by atoms with van der Waals surface area (Å²) < 4.78 is 25.2. The molecule has 4 rings (SSSR count). The highest BCUT2D eigenvalue weighted by molar-refractivity contribution is 5.97. The van der Waals surface area contributed by atoms with Gasteiger partial charge in [-0.2, -0.15) is 0 Å². The highest BCUT2D eigenvalue weighted by Gasteiger charge is 2.28. The van der Waals surface area contributed by atoms with E-state index in [-0.39, 0.29) is 30.6 Å². The zero-order valence-corrected chi connectivity index (χ0v) is 21.8. The van der Waals surface area contributed by atoms with Crippen LogP contribution in [0.1, 0.15) is 71.8 Å². The first-order valence-corrected chi connectivity index (χ1v) is 13.4. The van der Waals surface area contributed by atoms with Crippen LogP contribution in [-0.4, -0.2) is 42.5 Å². The Morgan fingerprint density at radius 1 is 1.11 bits per heavy atom. The van der Waals surface area contributed by atoms with Crippen molar-refractivity contribution in [3.8, 4) is 0 Å². The van der Waals surface area contributed by atoms with Crippen molar-refractivity contribution in [3.05, 3.63) is 74.7 Å². The van der Waals surface area contributed by atoms with Crippen molar-refractivity contribution in [2.75, 3.05) is 18.0 Å². The molecule has 0 bridgehead atoms. The molecule has 1 aromatic heterocycles. The van der Waals surface area contributed by atoms with Gasteiger partial charge in [-0.1, -0.05) is 18.2 Å². The first-order valence-electron chi connectivity index (χ1n) is 13.4. The SMILES string of the molecule is CCN(c1cccc2c1C/C=C/CCc1cc(C)[nH]c(=O)c1CNC2=O)[C@H]1CC[C@H](NCC(F)F)CC1. The maximum Gasteiger partial charge on any atom is 0.253 e. The minimum absolute atomic E-state index is 0.129. The Morgan fingerprint density at radius 3 is 2.62 bits per heavy atom. The van der Waals surface area contributed by atoms with Gasteiger partial charge in [-0.15, -0.1) is 0 Å². The van der Waals surface area contributed by atoms with Crippen LogP contribution in [0.3, 0.4) is 0 Å². The highest BCUT2D eigenvalue weighted by Crippen LogP contribution is 2.32. The van der Waals surface area contributed by atoms with Crippen molar-refractivity contribution in [2.24, 2.45) is 0 Å². The van der Waals surface area contributed by atoms with Crippen LogP contribution in [0.15, 0.2) is 41.2 Å². The number of aryl methyl sites for hydroxylation is 2. The predicted molar refractivity (Wildman–Crippen MR) is 144 cm³/mol. The number of fused-ring (bicyclic) bond motifs is 2. The van der Waals surface area contributed by atoms with Gasteiger partial charge in [0.15, 0.2) is 0 Å². The molecule has 2 heterocycles. The molecule has 0 saturated heterocycles. The lowest BCUT2D eigenvalue weighted by Crippen LogP contribution is -2.44. The molecule has 2 aromatic rings. The van der Waals surface area contributed by atoms with E-state index >= 15 is 0 Å². The average Bonchev–Trinajstić information content (AvgIpc) is 2.87. The van der Waals surface area contributed by atoms with E-state index in [0.717, 1.165) is 67.6 Å². The van der Waals surface area contributed by atoms with Crippen LogP contribution in [0.4, 0.5) is 14.5 Å². The zero-order valence-electron chi connectivity index (χ0n) is 21.8. The second-order valence-electron chi connectivity index (χ2n) is 10.1. The molecule has 37 heavy (non-hydrogen) atoms. The molecule has 0 unspecified atom stereocenters. The topological polar surface area (TPSA) is 77.2 Å². The fourth-order valence-corrected chi connectivity index (χ4v) is 5.77. The number of carbonyl (C=O) groups is 1. The van der Waals surface area contributed by atoms with Crippen LogP contribution in [0, 0.1) is 6.92 Å². The van der Waals surface area contributed by atoms with Gasteiger partial charge in [0.25, 0.3) is 17.9 Å². The van der Waals surface area contributed by atoms with Crippen LogP contribution < -0.4 is 21.1 Å². The first kappa shape index (κ1) is 27.0. The lowest BCUT2D eigenvalue weighted by molar-refractivity contribution is 0.0949. The van der Waals surface area contributed by atoms with Crippen molar-refractivity contribution in [1.82, 2.24) is 15.6 Å². The number of hydrogen-bond acceptors (Lipinski definition) is 4. The van der Waals surface area contributed by atoms with Gasteiger partial charge in [0.1, 0.15) is 0 Å². The number of hydrogen-bond donors (Lipinski definition) is 3. The van der Waals surface area contributed by atoms with E-state index in [2.05, 4.69) is 45.7 Å². The van der Waals surface area contributed by atoms with Gasteiger partial charge in [0.2, 0.25) is 0 Å². The van der Waals surface area contributed by atoms with Crippen LogP contribution in [-0.2, 0) is 19.4 Å². The summed E-state index contributed by atoms with van der Waals surface area (Å²) in [5.41, 5.74) is 4.90. The van der Waals surface area contributed by atoms with Crippen LogP contribution in [0.2, 0.25) is 0 Å². The van der Waals surface area contributed by atoms with Gasteiger partial charge in [-0.3, -0.25) is 9.59 Å². The van der Waals surface area contributed by atoms with Crippen LogP contribution in [0.25, 0.3) is 0 Å². The van der Waals surface area contributed by atoms with E-state index < -0.39 is 6.43 Å². The van der Waals surface area contributed by atoms with Gasteiger partial charge < -0.3 is 20.5 Å². The molecule has 1 fully saturated rings. The summed E-state index contributed by atoms with van der Waals surface area (Å²) in [7, 11) is 0. The molecule has 2 aliphatic rings. The molecule has 1 aliphatic heterocycles. The third-order valence-electron chi connectivity index (χ3n) is 7.60. The number of anilines is 1.